The normalized spacial score (nSPS) is 15.6. The third kappa shape index (κ3) is 3.70. The Labute approximate surface area is 192 Å². The van der Waals surface area contributed by atoms with E-state index in [9.17, 15) is 8.78 Å². The molecule has 8 nitrogen and oxygen atoms in total. The minimum absolute atomic E-state index is 0.0642. The molecule has 0 bridgehead atoms. The summed E-state index contributed by atoms with van der Waals surface area (Å²) >= 11 is 0. The number of hydrogen-bond donors (Lipinski definition) is 2. The molecule has 0 aliphatic heterocycles. The van der Waals surface area contributed by atoms with E-state index in [0.29, 0.717) is 40.5 Å². The Balaban J connectivity index is 1.27. The predicted molar refractivity (Wildman–Crippen MR) is 124 cm³/mol. The second-order valence-electron chi connectivity index (χ2n) is 8.78. The smallest absolute Gasteiger partial charge is 0.248 e. The lowest BCUT2D eigenvalue weighted by Crippen LogP contribution is -2.37. The first-order valence-corrected chi connectivity index (χ1v) is 10.9. The molecule has 0 unspecified atom stereocenters. The lowest BCUT2D eigenvalue weighted by Gasteiger charge is -2.34. The fourth-order valence-electron chi connectivity index (χ4n) is 4.39. The van der Waals surface area contributed by atoms with Crippen LogP contribution < -0.4 is 10.5 Å². The summed E-state index contributed by atoms with van der Waals surface area (Å²) in [5.74, 6) is -0.685. The van der Waals surface area contributed by atoms with Crippen molar-refractivity contribution in [2.75, 3.05) is 5.73 Å². The number of aromatic nitrogens is 6. The van der Waals surface area contributed by atoms with Crippen molar-refractivity contribution in [3.8, 4) is 22.8 Å². The van der Waals surface area contributed by atoms with E-state index in [0.717, 1.165) is 22.4 Å². The van der Waals surface area contributed by atoms with Crippen LogP contribution in [0.3, 0.4) is 0 Å². The first-order valence-electron chi connectivity index (χ1n) is 10.9. The van der Waals surface area contributed by atoms with Crippen molar-refractivity contribution in [1.29, 1.82) is 0 Å². The molecule has 0 radical (unpaired) electrons. The summed E-state index contributed by atoms with van der Waals surface area (Å²) in [6.45, 7) is 2.35. The Kier molecular flexibility index (Phi) is 4.51. The number of benzene rings is 2. The zero-order valence-electron chi connectivity index (χ0n) is 18.3. The molecule has 0 spiro atoms. The van der Waals surface area contributed by atoms with Gasteiger partial charge < -0.3 is 15.5 Å². The van der Waals surface area contributed by atoms with Gasteiger partial charge in [-0.05, 0) is 37.1 Å². The first kappa shape index (κ1) is 20.5. The molecular weight excluding hydrogens is 440 g/mol. The maximum Gasteiger partial charge on any atom is 0.248 e. The van der Waals surface area contributed by atoms with E-state index in [1.165, 1.54) is 0 Å². The zero-order chi connectivity index (χ0) is 23.4. The van der Waals surface area contributed by atoms with E-state index in [4.69, 9.17) is 15.5 Å². The quantitative estimate of drug-likeness (QED) is 0.353. The molecule has 1 aliphatic rings. The summed E-state index contributed by atoms with van der Waals surface area (Å²) < 4.78 is 33.9. The molecule has 0 amide bonds. The summed E-state index contributed by atoms with van der Waals surface area (Å²) in [6.07, 6.45) is 4.92. The van der Waals surface area contributed by atoms with Gasteiger partial charge in [0.15, 0.2) is 5.75 Å². The Bertz CT molecular complexity index is 1530. The monoisotopic (exact) mass is 461 g/mol. The summed E-state index contributed by atoms with van der Waals surface area (Å²) in [6, 6.07) is 9.15. The van der Waals surface area contributed by atoms with Gasteiger partial charge in [-0.2, -0.15) is 5.10 Å². The molecule has 6 rings (SSSR count). The van der Waals surface area contributed by atoms with Gasteiger partial charge in [0, 0.05) is 37.2 Å². The van der Waals surface area contributed by atoms with Crippen LogP contribution in [0, 0.1) is 12.8 Å². The number of H-pyrrole nitrogens is 1. The molecule has 10 heteroatoms. The molecule has 3 heterocycles. The van der Waals surface area contributed by atoms with Crippen molar-refractivity contribution in [2.45, 2.75) is 32.2 Å². The van der Waals surface area contributed by atoms with Gasteiger partial charge >= 0.3 is 0 Å². The second-order valence-corrected chi connectivity index (χ2v) is 8.78. The Morgan fingerprint density at radius 1 is 1.15 bits per heavy atom. The number of anilines is 1. The molecule has 3 aromatic heterocycles. The fraction of sp³-hybridized carbons (Fsp3) is 0.250. The number of aryl methyl sites for hydroxylation is 1. The number of halogens is 2. The number of alkyl halides is 2. The molecule has 0 atom stereocenters. The third-order valence-corrected chi connectivity index (χ3v) is 6.06. The predicted octanol–water partition coefficient (Wildman–Crippen LogP) is 5.10. The number of nitrogen functional groups attached to an aromatic ring is 1. The van der Waals surface area contributed by atoms with E-state index in [-0.39, 0.29) is 18.8 Å². The minimum Gasteiger partial charge on any atom is -0.455 e. The Morgan fingerprint density at radius 2 is 1.97 bits per heavy atom. The van der Waals surface area contributed by atoms with E-state index < -0.39 is 5.92 Å². The summed E-state index contributed by atoms with van der Waals surface area (Å²) in [4.78, 5) is 16.8. The van der Waals surface area contributed by atoms with Crippen molar-refractivity contribution in [2.24, 2.45) is 5.92 Å². The number of nitrogens with two attached hydrogens (primary N) is 1. The van der Waals surface area contributed by atoms with Gasteiger partial charge in [0.1, 0.15) is 22.8 Å². The maximum atomic E-state index is 13.1. The van der Waals surface area contributed by atoms with Gasteiger partial charge in [-0.3, -0.25) is 9.67 Å². The molecule has 5 aromatic rings. The SMILES string of the molecule is Cc1nc2ccc(Oc3ccc4ncc(-c5cnn(CC6CC(F)(F)C6)c5)nc4c3N)cc2[nH]1. The van der Waals surface area contributed by atoms with Crippen LogP contribution in [0.5, 0.6) is 11.5 Å². The van der Waals surface area contributed by atoms with Crippen LogP contribution in [-0.2, 0) is 6.54 Å². The molecule has 1 aliphatic carbocycles. The third-order valence-electron chi connectivity index (χ3n) is 6.06. The summed E-state index contributed by atoms with van der Waals surface area (Å²) in [7, 11) is 0. The fourth-order valence-corrected chi connectivity index (χ4v) is 4.39. The van der Waals surface area contributed by atoms with Gasteiger partial charge in [0.05, 0.1) is 34.6 Å². The minimum atomic E-state index is -2.54. The van der Waals surface area contributed by atoms with Crippen LogP contribution in [-0.4, -0.2) is 35.6 Å². The largest absolute Gasteiger partial charge is 0.455 e. The van der Waals surface area contributed by atoms with Crippen molar-refractivity contribution >= 4 is 27.8 Å². The number of fused-ring (bicyclic) bond motifs is 2. The van der Waals surface area contributed by atoms with Gasteiger partial charge in [0.2, 0.25) is 5.92 Å². The lowest BCUT2D eigenvalue weighted by molar-refractivity contribution is -0.114. The van der Waals surface area contributed by atoms with Crippen LogP contribution in [0.4, 0.5) is 14.5 Å². The summed E-state index contributed by atoms with van der Waals surface area (Å²) in [5.41, 5.74) is 11.0. The van der Waals surface area contributed by atoms with Crippen LogP contribution in [0.1, 0.15) is 18.7 Å². The van der Waals surface area contributed by atoms with E-state index in [2.05, 4.69) is 20.1 Å². The van der Waals surface area contributed by atoms with Crippen molar-refractivity contribution in [3.05, 3.63) is 54.7 Å². The molecule has 2 aromatic carbocycles. The zero-order valence-corrected chi connectivity index (χ0v) is 18.3. The maximum absolute atomic E-state index is 13.1. The van der Waals surface area contributed by atoms with E-state index >= 15 is 0 Å². The van der Waals surface area contributed by atoms with Crippen LogP contribution in [0.25, 0.3) is 33.3 Å². The molecule has 3 N–H and O–H groups in total. The standard InChI is InChI=1S/C24H21F2N7O/c1-13-30-17-3-2-16(6-19(17)31-13)34-21-5-4-18-23(22(21)27)32-20(10-28-18)15-9-29-33(12-15)11-14-7-24(25,26)8-14/h2-6,9-10,12,14H,7-8,11,27H2,1H3,(H,30,31). The molecule has 34 heavy (non-hydrogen) atoms. The van der Waals surface area contributed by atoms with Gasteiger partial charge in [-0.1, -0.05) is 0 Å². The van der Waals surface area contributed by atoms with Gasteiger partial charge in [-0.15, -0.1) is 0 Å². The molecule has 172 valence electrons. The average molecular weight is 461 g/mol. The van der Waals surface area contributed by atoms with Crippen molar-refractivity contribution in [3.63, 3.8) is 0 Å². The highest BCUT2D eigenvalue weighted by atomic mass is 19.3. The highest BCUT2D eigenvalue weighted by Gasteiger charge is 2.45. The molecular formula is C24H21F2N7O. The number of aromatic amines is 1. The van der Waals surface area contributed by atoms with Gasteiger partial charge in [-0.25, -0.2) is 18.7 Å². The number of hydrogen-bond acceptors (Lipinski definition) is 6. The van der Waals surface area contributed by atoms with Gasteiger partial charge in [0.25, 0.3) is 0 Å². The number of rotatable bonds is 5. The van der Waals surface area contributed by atoms with Crippen LogP contribution in [0.15, 0.2) is 48.9 Å². The Morgan fingerprint density at radius 3 is 2.79 bits per heavy atom. The van der Waals surface area contributed by atoms with Crippen molar-refractivity contribution in [1.82, 2.24) is 29.7 Å². The highest BCUT2D eigenvalue weighted by Crippen LogP contribution is 2.43. The topological polar surface area (TPSA) is 108 Å². The van der Waals surface area contributed by atoms with E-state index in [1.54, 1.807) is 35.4 Å². The lowest BCUT2D eigenvalue weighted by atomic mass is 9.81. The number of ether oxygens (including phenoxy) is 1. The van der Waals surface area contributed by atoms with E-state index in [1.807, 2.05) is 25.1 Å². The number of nitrogens with zero attached hydrogens (tertiary/aromatic N) is 5. The van der Waals surface area contributed by atoms with Crippen LogP contribution >= 0.6 is 0 Å². The van der Waals surface area contributed by atoms with Crippen LogP contribution in [0.2, 0.25) is 0 Å². The molecule has 0 saturated heterocycles. The number of nitrogens with one attached hydrogen (secondary N) is 1. The average Bonchev–Trinajstić information content (AvgIpc) is 3.39. The number of imidazole rings is 1. The molecule has 1 fully saturated rings. The Hall–Kier alpha value is -4.08. The molecule has 1 saturated carbocycles. The van der Waals surface area contributed by atoms with Crippen molar-refractivity contribution < 1.29 is 13.5 Å². The summed E-state index contributed by atoms with van der Waals surface area (Å²) in [5, 5.41) is 4.30. The second kappa shape index (κ2) is 7.47. The highest BCUT2D eigenvalue weighted by molar-refractivity contribution is 5.91. The first-order chi connectivity index (χ1) is 16.3.